The summed E-state index contributed by atoms with van der Waals surface area (Å²) < 4.78 is 38.1. The number of fused-ring (bicyclic) bond motifs is 1. The molecule has 0 radical (unpaired) electrons. The van der Waals surface area contributed by atoms with Crippen LogP contribution in [0.4, 0.5) is 0 Å². The van der Waals surface area contributed by atoms with Gasteiger partial charge in [0.25, 0.3) is 0 Å². The van der Waals surface area contributed by atoms with E-state index in [1.54, 1.807) is 5.57 Å². The summed E-state index contributed by atoms with van der Waals surface area (Å²) in [6, 6.07) is 0. The fourth-order valence-electron chi connectivity index (χ4n) is 9.65. The van der Waals surface area contributed by atoms with Gasteiger partial charge in [0.2, 0.25) is 0 Å². The van der Waals surface area contributed by atoms with Crippen molar-refractivity contribution in [3.63, 3.8) is 0 Å². The molecule has 0 aliphatic heterocycles. The Morgan fingerprint density at radius 1 is 0.800 bits per heavy atom. The zero-order valence-corrected chi connectivity index (χ0v) is 37.0. The topological polar surface area (TPSA) is 72.5 Å². The number of rotatable bonds is 27. The molecule has 0 saturated heterocycles. The van der Waals surface area contributed by atoms with E-state index < -0.39 is 24.4 Å². The first-order valence-electron chi connectivity index (χ1n) is 22.9. The van der Waals surface area contributed by atoms with Gasteiger partial charge in [0, 0.05) is 39.5 Å². The van der Waals surface area contributed by atoms with Crippen LogP contribution in [-0.4, -0.2) is 76.1 Å². The van der Waals surface area contributed by atoms with Gasteiger partial charge in [-0.1, -0.05) is 111 Å². The smallest absolute Gasteiger partial charge is 0.338 e. The number of carbonyl (C=O) groups is 1. The maximum absolute atomic E-state index is 14.3. The molecule has 9 atom stereocenters. The second kappa shape index (κ2) is 25.8. The molecule has 55 heavy (non-hydrogen) atoms. The molecule has 0 aromatic heterocycles. The molecule has 0 spiro atoms. The maximum atomic E-state index is 14.3. The van der Waals surface area contributed by atoms with Crippen molar-refractivity contribution in [1.29, 1.82) is 0 Å². The lowest BCUT2D eigenvalue weighted by atomic mass is 9.60. The van der Waals surface area contributed by atoms with E-state index in [1.165, 1.54) is 56.9 Å². The van der Waals surface area contributed by atoms with E-state index in [4.69, 9.17) is 28.4 Å². The van der Waals surface area contributed by atoms with Gasteiger partial charge in [0.1, 0.15) is 24.4 Å². The Kier molecular flexibility index (Phi) is 22.4. The largest absolute Gasteiger partial charge is 0.460 e. The third-order valence-electron chi connectivity index (χ3n) is 12.5. The van der Waals surface area contributed by atoms with E-state index in [9.17, 15) is 4.79 Å². The van der Waals surface area contributed by atoms with Crippen molar-refractivity contribution in [3.8, 4) is 0 Å². The lowest BCUT2D eigenvalue weighted by Gasteiger charge is -2.44. The Labute approximate surface area is 338 Å². The summed E-state index contributed by atoms with van der Waals surface area (Å²) in [7, 11) is 0. The first kappa shape index (κ1) is 47.9. The lowest BCUT2D eigenvalue weighted by molar-refractivity contribution is -0.204. The van der Waals surface area contributed by atoms with Crippen molar-refractivity contribution in [1.82, 2.24) is 0 Å². The second-order valence-electron chi connectivity index (χ2n) is 17.7. The minimum absolute atomic E-state index is 0.253. The fourth-order valence-corrected chi connectivity index (χ4v) is 9.65. The molecule has 3 aliphatic carbocycles. The SMILES string of the molecule is C=C1CC[C@H](OC(=O)[C@H](OCCC)[C@@H](OCCC)[C@H](OCCC)[C@@H](COCCC)OCCC)C/C1=C/C=C1\CCC[C@]2(C)[C@@H]([C@H](C)CCCC(C)C)CC[C@@H]12. The minimum Gasteiger partial charge on any atom is -0.460 e. The number of hydrogen-bond acceptors (Lipinski definition) is 7. The quantitative estimate of drug-likeness (QED) is 0.0608. The molecule has 318 valence electrons. The van der Waals surface area contributed by atoms with Gasteiger partial charge < -0.3 is 28.4 Å². The molecule has 0 unspecified atom stereocenters. The van der Waals surface area contributed by atoms with Crippen molar-refractivity contribution < 1.29 is 33.2 Å². The van der Waals surface area contributed by atoms with Crippen molar-refractivity contribution in [2.45, 2.75) is 196 Å². The highest BCUT2D eigenvalue weighted by atomic mass is 16.6. The monoisotopic (exact) mass is 773 g/mol. The standard InChI is InChI=1S/C48H84O7/c1-11-28-50-34-43(51-29-12-2)44(52-30-13-3)45(53-31-14-4)46(54-32-15-5)47(49)55-40-24-21-36(8)39(33-40)23-22-38-20-17-27-48(10)41(25-26-42(38)48)37(9)19-16-18-35(6)7/h22-23,35,37,40-46H,8,11-21,24-34H2,1-7,9-10H3/b38-22+,39-23-/t37-,40+,41-,42+,43-,44-,45+,46-,48-/m1/s1. The molecule has 0 bridgehead atoms. The Hall–Kier alpha value is -1.51. The third-order valence-corrected chi connectivity index (χ3v) is 12.5. The Morgan fingerprint density at radius 3 is 2.13 bits per heavy atom. The van der Waals surface area contributed by atoms with Crippen LogP contribution >= 0.6 is 0 Å². The second-order valence-corrected chi connectivity index (χ2v) is 17.7. The van der Waals surface area contributed by atoms with Crippen LogP contribution in [0.15, 0.2) is 35.5 Å². The van der Waals surface area contributed by atoms with Crippen LogP contribution in [0.3, 0.4) is 0 Å². The molecular formula is C48H84O7. The summed E-state index contributed by atoms with van der Waals surface area (Å²) in [6.07, 6.45) is 18.8. The summed E-state index contributed by atoms with van der Waals surface area (Å²) >= 11 is 0. The van der Waals surface area contributed by atoms with Crippen LogP contribution in [0.25, 0.3) is 0 Å². The maximum Gasteiger partial charge on any atom is 0.338 e. The van der Waals surface area contributed by atoms with E-state index >= 15 is 0 Å². The molecule has 7 nitrogen and oxygen atoms in total. The zero-order valence-electron chi connectivity index (χ0n) is 37.0. The Balaban J connectivity index is 1.81. The summed E-state index contributed by atoms with van der Waals surface area (Å²) in [4.78, 5) is 14.3. The van der Waals surface area contributed by atoms with Crippen molar-refractivity contribution >= 4 is 5.97 Å². The van der Waals surface area contributed by atoms with E-state index in [2.05, 4.69) is 81.0 Å². The number of carbonyl (C=O) groups excluding carboxylic acids is 1. The van der Waals surface area contributed by atoms with Gasteiger partial charge in [0.05, 0.1) is 6.61 Å². The summed E-state index contributed by atoms with van der Waals surface area (Å²) in [6.45, 7) is 27.6. The number of ether oxygens (including phenoxy) is 6. The molecule has 0 N–H and O–H groups in total. The molecule has 3 rings (SSSR count). The first-order valence-corrected chi connectivity index (χ1v) is 22.9. The molecule has 3 fully saturated rings. The first-order chi connectivity index (χ1) is 26.5. The highest BCUT2D eigenvalue weighted by Crippen LogP contribution is 2.60. The number of esters is 1. The third kappa shape index (κ3) is 14.7. The van der Waals surface area contributed by atoms with Crippen LogP contribution < -0.4 is 0 Å². The summed E-state index contributed by atoms with van der Waals surface area (Å²) in [5.41, 5.74) is 4.38. The van der Waals surface area contributed by atoms with E-state index in [0.717, 1.165) is 68.3 Å². The average molecular weight is 773 g/mol. The number of allylic oxidation sites excluding steroid dienone is 4. The fraction of sp³-hybridized carbons (Fsp3) is 0.854. The van der Waals surface area contributed by atoms with Crippen LogP contribution in [0.2, 0.25) is 0 Å². The van der Waals surface area contributed by atoms with Crippen LogP contribution in [-0.2, 0) is 33.2 Å². The molecule has 0 aromatic carbocycles. The van der Waals surface area contributed by atoms with E-state index in [-0.39, 0.29) is 12.1 Å². The van der Waals surface area contributed by atoms with Crippen LogP contribution in [0, 0.1) is 29.1 Å². The lowest BCUT2D eigenvalue weighted by Crippen LogP contribution is -2.54. The van der Waals surface area contributed by atoms with E-state index in [0.29, 0.717) is 57.4 Å². The molecule has 3 aliphatic rings. The molecular weight excluding hydrogens is 689 g/mol. The Morgan fingerprint density at radius 2 is 1.45 bits per heavy atom. The highest BCUT2D eigenvalue weighted by molar-refractivity contribution is 5.76. The summed E-state index contributed by atoms with van der Waals surface area (Å²) in [5.74, 6) is 2.67. The van der Waals surface area contributed by atoms with Crippen molar-refractivity contribution in [2.75, 3.05) is 39.6 Å². The minimum atomic E-state index is -0.949. The Bertz CT molecular complexity index is 1160. The predicted molar refractivity (Wildman–Crippen MR) is 226 cm³/mol. The average Bonchev–Trinajstić information content (AvgIpc) is 3.53. The molecule has 7 heteroatoms. The van der Waals surface area contributed by atoms with E-state index in [1.807, 2.05) is 0 Å². The van der Waals surface area contributed by atoms with Crippen LogP contribution in [0.1, 0.15) is 165 Å². The van der Waals surface area contributed by atoms with Gasteiger partial charge in [-0.25, -0.2) is 4.79 Å². The van der Waals surface area contributed by atoms with Crippen molar-refractivity contribution in [2.24, 2.45) is 29.1 Å². The number of hydrogen-bond donors (Lipinski definition) is 0. The van der Waals surface area contributed by atoms with Crippen molar-refractivity contribution in [3.05, 3.63) is 35.5 Å². The normalized spacial score (nSPS) is 27.3. The highest BCUT2D eigenvalue weighted by Gasteiger charge is 2.50. The molecule has 0 heterocycles. The molecule has 0 aromatic rings. The van der Waals surface area contributed by atoms with Gasteiger partial charge in [-0.3, -0.25) is 0 Å². The van der Waals surface area contributed by atoms with Gasteiger partial charge in [-0.2, -0.15) is 0 Å². The summed E-state index contributed by atoms with van der Waals surface area (Å²) in [5, 5.41) is 0. The zero-order chi connectivity index (χ0) is 40.2. The van der Waals surface area contributed by atoms with Gasteiger partial charge in [0.15, 0.2) is 6.10 Å². The van der Waals surface area contributed by atoms with Gasteiger partial charge >= 0.3 is 5.97 Å². The predicted octanol–water partition coefficient (Wildman–Crippen LogP) is 11.8. The van der Waals surface area contributed by atoms with Crippen LogP contribution in [0.5, 0.6) is 0 Å². The molecule has 0 amide bonds. The van der Waals surface area contributed by atoms with Gasteiger partial charge in [-0.05, 0) is 112 Å². The van der Waals surface area contributed by atoms with Gasteiger partial charge in [-0.15, -0.1) is 0 Å². The molecule has 3 saturated carbocycles.